The third-order valence-corrected chi connectivity index (χ3v) is 6.41. The van der Waals surface area contributed by atoms with E-state index in [4.69, 9.17) is 9.72 Å². The third kappa shape index (κ3) is 4.65. The van der Waals surface area contributed by atoms with Gasteiger partial charge in [0, 0.05) is 69.2 Å². The maximum atomic E-state index is 5.46. The Morgan fingerprint density at radius 2 is 2.06 bits per heavy atom. The second kappa shape index (κ2) is 9.20. The molecule has 0 bridgehead atoms. The molecule has 3 aromatic heterocycles. The Kier molecular flexibility index (Phi) is 5.99. The van der Waals surface area contributed by atoms with E-state index in [0.29, 0.717) is 5.92 Å². The Labute approximate surface area is 183 Å². The molecular weight excluding hydrogens is 390 g/mol. The number of aromatic amines is 1. The molecular formula is C23H31N7O. The zero-order valence-corrected chi connectivity index (χ0v) is 18.2. The number of ether oxygens (including phenoxy) is 1. The standard InChI is InChI=1S/C23H31N7O/c1-28(23-25-8-6-21(27-23)30-12-14-31-15-13-30)10-11-29-9-3-5-19(17-29)20-16-18-4-2-7-24-22(18)26-20/h2,4,6-8,16,19H,3,5,9-15,17H2,1H3,(H,24,26). The van der Waals surface area contributed by atoms with E-state index in [0.717, 1.165) is 69.9 Å². The van der Waals surface area contributed by atoms with Crippen molar-refractivity contribution >= 4 is 22.8 Å². The molecule has 0 spiro atoms. The lowest BCUT2D eigenvalue weighted by atomic mass is 9.95. The topological polar surface area (TPSA) is 73.4 Å². The maximum Gasteiger partial charge on any atom is 0.227 e. The third-order valence-electron chi connectivity index (χ3n) is 6.41. The zero-order valence-electron chi connectivity index (χ0n) is 18.2. The number of likely N-dealkylation sites (N-methyl/N-ethyl adjacent to an activating group) is 1. The number of H-pyrrole nitrogens is 1. The molecule has 0 aliphatic carbocycles. The summed E-state index contributed by atoms with van der Waals surface area (Å²) in [7, 11) is 2.09. The number of pyridine rings is 1. The molecule has 3 aromatic rings. The van der Waals surface area contributed by atoms with E-state index in [1.807, 2.05) is 24.5 Å². The average Bonchev–Trinajstić information content (AvgIpc) is 3.28. The van der Waals surface area contributed by atoms with E-state index in [9.17, 15) is 0 Å². The molecule has 5 rings (SSSR count). The Morgan fingerprint density at radius 3 is 2.94 bits per heavy atom. The van der Waals surface area contributed by atoms with Gasteiger partial charge in [-0.15, -0.1) is 0 Å². The van der Waals surface area contributed by atoms with Gasteiger partial charge in [0.15, 0.2) is 0 Å². The number of hydrogen-bond donors (Lipinski definition) is 1. The molecule has 1 N–H and O–H groups in total. The highest BCUT2D eigenvalue weighted by atomic mass is 16.5. The summed E-state index contributed by atoms with van der Waals surface area (Å²) in [5.74, 6) is 2.32. The van der Waals surface area contributed by atoms with E-state index in [-0.39, 0.29) is 0 Å². The minimum absolute atomic E-state index is 0.536. The predicted molar refractivity (Wildman–Crippen MR) is 123 cm³/mol. The molecule has 0 radical (unpaired) electrons. The molecule has 2 fully saturated rings. The first-order valence-corrected chi connectivity index (χ1v) is 11.3. The van der Waals surface area contributed by atoms with Crippen molar-refractivity contribution in [1.82, 2.24) is 24.8 Å². The second-order valence-electron chi connectivity index (χ2n) is 8.54. The number of fused-ring (bicyclic) bond motifs is 1. The summed E-state index contributed by atoms with van der Waals surface area (Å²) in [6, 6.07) is 8.39. The van der Waals surface area contributed by atoms with Gasteiger partial charge >= 0.3 is 0 Å². The smallest absolute Gasteiger partial charge is 0.227 e. The van der Waals surface area contributed by atoms with Crippen LogP contribution in [0, 0.1) is 0 Å². The number of nitrogens with zero attached hydrogens (tertiary/aromatic N) is 6. The number of aromatic nitrogens is 4. The summed E-state index contributed by atoms with van der Waals surface area (Å²) >= 11 is 0. The van der Waals surface area contributed by atoms with Gasteiger partial charge in [-0.2, -0.15) is 4.98 Å². The first kappa shape index (κ1) is 20.2. The van der Waals surface area contributed by atoms with Crippen molar-refractivity contribution in [3.05, 3.63) is 42.4 Å². The van der Waals surface area contributed by atoms with Crippen molar-refractivity contribution in [2.24, 2.45) is 0 Å². The van der Waals surface area contributed by atoms with Crippen LogP contribution >= 0.6 is 0 Å². The quantitative estimate of drug-likeness (QED) is 0.656. The fraction of sp³-hybridized carbons (Fsp3) is 0.522. The fourth-order valence-corrected chi connectivity index (χ4v) is 4.59. The Morgan fingerprint density at radius 1 is 1.16 bits per heavy atom. The van der Waals surface area contributed by atoms with E-state index in [1.165, 1.54) is 23.9 Å². The molecule has 0 amide bonds. The summed E-state index contributed by atoms with van der Waals surface area (Å²) in [5.41, 5.74) is 2.31. The van der Waals surface area contributed by atoms with Crippen LogP contribution in [0.3, 0.4) is 0 Å². The van der Waals surface area contributed by atoms with Gasteiger partial charge in [0.2, 0.25) is 5.95 Å². The number of piperidine rings is 1. The highest BCUT2D eigenvalue weighted by molar-refractivity contribution is 5.76. The van der Waals surface area contributed by atoms with Crippen molar-refractivity contribution in [3.8, 4) is 0 Å². The van der Waals surface area contributed by atoms with Gasteiger partial charge in [0.05, 0.1) is 13.2 Å². The van der Waals surface area contributed by atoms with Crippen LogP contribution in [-0.2, 0) is 4.74 Å². The molecule has 8 heteroatoms. The molecule has 1 unspecified atom stereocenters. The molecule has 8 nitrogen and oxygen atoms in total. The molecule has 0 saturated carbocycles. The van der Waals surface area contributed by atoms with Crippen LogP contribution in [0.1, 0.15) is 24.5 Å². The summed E-state index contributed by atoms with van der Waals surface area (Å²) < 4.78 is 5.46. The Hall–Kier alpha value is -2.71. The highest BCUT2D eigenvalue weighted by Gasteiger charge is 2.23. The minimum atomic E-state index is 0.536. The van der Waals surface area contributed by atoms with E-state index < -0.39 is 0 Å². The van der Waals surface area contributed by atoms with E-state index in [1.54, 1.807) is 0 Å². The summed E-state index contributed by atoms with van der Waals surface area (Å²) in [6.07, 6.45) is 6.16. The van der Waals surface area contributed by atoms with Gasteiger partial charge in [0.1, 0.15) is 11.5 Å². The predicted octanol–water partition coefficient (Wildman–Crippen LogP) is 2.51. The number of likely N-dealkylation sites (tertiary alicyclic amines) is 1. The van der Waals surface area contributed by atoms with Gasteiger partial charge in [0.25, 0.3) is 0 Å². The molecule has 2 saturated heterocycles. The Balaban J connectivity index is 1.18. The van der Waals surface area contributed by atoms with Crippen molar-refractivity contribution < 1.29 is 4.74 Å². The van der Waals surface area contributed by atoms with Crippen molar-refractivity contribution in [3.63, 3.8) is 0 Å². The molecule has 5 heterocycles. The van der Waals surface area contributed by atoms with Crippen molar-refractivity contribution in [2.75, 3.05) is 69.3 Å². The number of rotatable bonds is 6. The fourth-order valence-electron chi connectivity index (χ4n) is 4.59. The number of hydrogen-bond acceptors (Lipinski definition) is 7. The van der Waals surface area contributed by atoms with Crippen LogP contribution in [-0.4, -0.2) is 84.4 Å². The number of nitrogens with one attached hydrogen (secondary N) is 1. The largest absolute Gasteiger partial charge is 0.378 e. The van der Waals surface area contributed by atoms with Gasteiger partial charge < -0.3 is 24.4 Å². The highest BCUT2D eigenvalue weighted by Crippen LogP contribution is 2.28. The summed E-state index contributed by atoms with van der Waals surface area (Å²) in [5, 5.41) is 1.20. The van der Waals surface area contributed by atoms with Crippen LogP contribution in [0.5, 0.6) is 0 Å². The van der Waals surface area contributed by atoms with Gasteiger partial charge in [-0.1, -0.05) is 0 Å². The lowest BCUT2D eigenvalue weighted by Gasteiger charge is -2.33. The lowest BCUT2D eigenvalue weighted by Crippen LogP contribution is -2.40. The van der Waals surface area contributed by atoms with E-state index >= 15 is 0 Å². The van der Waals surface area contributed by atoms with Crippen LogP contribution < -0.4 is 9.80 Å². The molecule has 0 aromatic carbocycles. The van der Waals surface area contributed by atoms with Crippen LogP contribution in [0.2, 0.25) is 0 Å². The number of anilines is 2. The lowest BCUT2D eigenvalue weighted by molar-refractivity contribution is 0.122. The SMILES string of the molecule is CN(CCN1CCCC(c2cc3cccnc3[nH]2)C1)c1nccc(N2CCOCC2)n1. The average molecular weight is 422 g/mol. The summed E-state index contributed by atoms with van der Waals surface area (Å²) in [6.45, 7) is 7.45. The first-order valence-electron chi connectivity index (χ1n) is 11.3. The van der Waals surface area contributed by atoms with E-state index in [2.05, 4.69) is 48.8 Å². The Bertz CT molecular complexity index is 967. The molecule has 2 aliphatic heterocycles. The van der Waals surface area contributed by atoms with Crippen molar-refractivity contribution in [1.29, 1.82) is 0 Å². The zero-order chi connectivity index (χ0) is 21.0. The van der Waals surface area contributed by atoms with Gasteiger partial charge in [-0.05, 0) is 43.7 Å². The van der Waals surface area contributed by atoms with Crippen molar-refractivity contribution in [2.45, 2.75) is 18.8 Å². The summed E-state index contributed by atoms with van der Waals surface area (Å²) in [4.78, 5) is 24.3. The first-order chi connectivity index (χ1) is 15.3. The number of morpholine rings is 1. The molecule has 31 heavy (non-hydrogen) atoms. The van der Waals surface area contributed by atoms with Gasteiger partial charge in [-0.25, -0.2) is 9.97 Å². The van der Waals surface area contributed by atoms with Crippen LogP contribution in [0.4, 0.5) is 11.8 Å². The maximum absolute atomic E-state index is 5.46. The van der Waals surface area contributed by atoms with Crippen LogP contribution in [0.15, 0.2) is 36.7 Å². The normalized spacial score (nSPS) is 20.3. The monoisotopic (exact) mass is 421 g/mol. The second-order valence-corrected chi connectivity index (χ2v) is 8.54. The molecule has 1 atom stereocenters. The van der Waals surface area contributed by atoms with Gasteiger partial charge in [-0.3, -0.25) is 0 Å². The molecule has 2 aliphatic rings. The van der Waals surface area contributed by atoms with Crippen LogP contribution in [0.25, 0.3) is 11.0 Å². The minimum Gasteiger partial charge on any atom is -0.378 e. The molecule has 164 valence electrons.